The number of hydrogen-bond donors (Lipinski definition) is 0. The second-order valence-corrected chi connectivity index (χ2v) is 9.23. The molecule has 3 fully saturated rings. The maximum atomic E-state index is 12.9. The summed E-state index contributed by atoms with van der Waals surface area (Å²) in [7, 11) is 0. The van der Waals surface area contributed by atoms with E-state index in [1.54, 1.807) is 13.0 Å². The van der Waals surface area contributed by atoms with Gasteiger partial charge in [0.1, 0.15) is 5.78 Å². The van der Waals surface area contributed by atoms with Gasteiger partial charge in [0, 0.05) is 24.3 Å². The van der Waals surface area contributed by atoms with E-state index in [2.05, 4.69) is 13.8 Å². The summed E-state index contributed by atoms with van der Waals surface area (Å²) >= 11 is 0. The second kappa shape index (κ2) is 5.12. The van der Waals surface area contributed by atoms with Crippen molar-refractivity contribution in [3.8, 4) is 0 Å². The summed E-state index contributed by atoms with van der Waals surface area (Å²) in [5, 5.41) is 0. The minimum Gasteiger partial charge on any atom is -0.300 e. The van der Waals surface area contributed by atoms with Crippen LogP contribution in [0.2, 0.25) is 0 Å². The number of Topliss-reactive ketones (excluding diaryl/α,β-unsaturated/α-hetero) is 2. The monoisotopic (exact) mass is 328 g/mol. The highest BCUT2D eigenvalue weighted by Crippen LogP contribution is 2.66. The van der Waals surface area contributed by atoms with Gasteiger partial charge >= 0.3 is 0 Å². The first-order chi connectivity index (χ1) is 11.3. The third-order valence-corrected chi connectivity index (χ3v) is 8.28. The maximum Gasteiger partial charge on any atom is 0.159 e. The van der Waals surface area contributed by atoms with E-state index in [1.807, 2.05) is 0 Å². The van der Waals surface area contributed by atoms with Crippen LogP contribution in [0.25, 0.3) is 0 Å². The molecule has 0 radical (unpaired) electrons. The highest BCUT2D eigenvalue weighted by atomic mass is 16.1. The van der Waals surface area contributed by atoms with E-state index in [0.29, 0.717) is 36.4 Å². The van der Waals surface area contributed by atoms with Gasteiger partial charge < -0.3 is 0 Å². The standard InChI is InChI=1S/C21H28O3/c1-12(22)15-4-5-16-14-11-19(24)18-10-13(23)6-8-21(18,3)17(14)7-9-20(15,16)2/h10,14-17H,4-9,11H2,1-3H3/t14-,15-,16-,17+,20+,21-/m0/s1. The van der Waals surface area contributed by atoms with Crippen molar-refractivity contribution in [2.75, 3.05) is 0 Å². The van der Waals surface area contributed by atoms with E-state index < -0.39 is 0 Å². The molecular formula is C21H28O3. The maximum absolute atomic E-state index is 12.9. The summed E-state index contributed by atoms with van der Waals surface area (Å²) in [6.45, 7) is 6.26. The fraction of sp³-hybridized carbons (Fsp3) is 0.762. The molecule has 0 aliphatic heterocycles. The molecule has 0 aromatic heterocycles. The zero-order valence-corrected chi connectivity index (χ0v) is 15.1. The highest BCUT2D eigenvalue weighted by molar-refractivity contribution is 6.05. The topological polar surface area (TPSA) is 51.2 Å². The Morgan fingerprint density at radius 2 is 1.83 bits per heavy atom. The smallest absolute Gasteiger partial charge is 0.159 e. The zero-order valence-electron chi connectivity index (χ0n) is 15.1. The minimum atomic E-state index is -0.121. The number of carbonyl (C=O) groups excluding carboxylic acids is 3. The highest BCUT2D eigenvalue weighted by Gasteiger charge is 2.61. The summed E-state index contributed by atoms with van der Waals surface area (Å²) in [5.41, 5.74) is 0.767. The fourth-order valence-corrected chi connectivity index (χ4v) is 7.05. The van der Waals surface area contributed by atoms with Crippen LogP contribution < -0.4 is 0 Å². The van der Waals surface area contributed by atoms with Crippen LogP contribution in [-0.2, 0) is 14.4 Å². The normalized spacial score (nSPS) is 47.5. The number of fused-ring (bicyclic) bond motifs is 5. The number of ketones is 3. The molecule has 0 unspecified atom stereocenters. The lowest BCUT2D eigenvalue weighted by molar-refractivity contribution is -0.134. The van der Waals surface area contributed by atoms with Gasteiger partial charge in [-0.15, -0.1) is 0 Å². The predicted molar refractivity (Wildman–Crippen MR) is 91.3 cm³/mol. The number of rotatable bonds is 1. The number of carbonyl (C=O) groups is 3. The van der Waals surface area contributed by atoms with Crippen molar-refractivity contribution in [2.45, 2.75) is 65.7 Å². The van der Waals surface area contributed by atoms with Crippen molar-refractivity contribution in [1.82, 2.24) is 0 Å². The van der Waals surface area contributed by atoms with Gasteiger partial charge in [-0.2, -0.15) is 0 Å². The Bertz CT molecular complexity index is 660. The lowest BCUT2D eigenvalue weighted by atomic mass is 9.46. The second-order valence-electron chi connectivity index (χ2n) is 9.23. The van der Waals surface area contributed by atoms with E-state index in [1.165, 1.54) is 0 Å². The molecule has 0 heterocycles. The number of allylic oxidation sites excluding steroid dienone is 1. The van der Waals surface area contributed by atoms with Gasteiger partial charge in [-0.1, -0.05) is 13.8 Å². The number of hydrogen-bond acceptors (Lipinski definition) is 3. The van der Waals surface area contributed by atoms with Gasteiger partial charge in [-0.05, 0) is 73.7 Å². The molecule has 0 N–H and O–H groups in total. The van der Waals surface area contributed by atoms with E-state index in [0.717, 1.165) is 37.7 Å². The Kier molecular flexibility index (Phi) is 3.47. The molecule has 3 saturated carbocycles. The van der Waals surface area contributed by atoms with Crippen LogP contribution in [0.1, 0.15) is 65.7 Å². The van der Waals surface area contributed by atoms with Gasteiger partial charge in [0.2, 0.25) is 0 Å². The van der Waals surface area contributed by atoms with Crippen LogP contribution in [0.3, 0.4) is 0 Å². The van der Waals surface area contributed by atoms with Gasteiger partial charge in [0.05, 0.1) is 0 Å². The van der Waals surface area contributed by atoms with Crippen LogP contribution in [0.5, 0.6) is 0 Å². The lowest BCUT2D eigenvalue weighted by Gasteiger charge is -2.57. The molecule has 3 nitrogen and oxygen atoms in total. The molecule has 4 aliphatic rings. The molecule has 0 saturated heterocycles. The molecule has 24 heavy (non-hydrogen) atoms. The average molecular weight is 328 g/mol. The van der Waals surface area contributed by atoms with Crippen LogP contribution >= 0.6 is 0 Å². The molecule has 3 heteroatoms. The van der Waals surface area contributed by atoms with Gasteiger partial charge in [0.25, 0.3) is 0 Å². The first-order valence-electron chi connectivity index (χ1n) is 9.56. The van der Waals surface area contributed by atoms with Crippen LogP contribution in [0, 0.1) is 34.5 Å². The van der Waals surface area contributed by atoms with Crippen molar-refractivity contribution in [1.29, 1.82) is 0 Å². The third kappa shape index (κ3) is 1.99. The van der Waals surface area contributed by atoms with Crippen molar-refractivity contribution >= 4 is 17.3 Å². The van der Waals surface area contributed by atoms with Crippen molar-refractivity contribution in [2.24, 2.45) is 34.5 Å². The van der Waals surface area contributed by atoms with E-state index in [9.17, 15) is 14.4 Å². The van der Waals surface area contributed by atoms with Gasteiger partial charge in [-0.25, -0.2) is 0 Å². The third-order valence-electron chi connectivity index (χ3n) is 8.28. The lowest BCUT2D eigenvalue weighted by Crippen LogP contribution is -2.53. The van der Waals surface area contributed by atoms with E-state index in [4.69, 9.17) is 0 Å². The molecule has 130 valence electrons. The summed E-state index contributed by atoms with van der Waals surface area (Å²) < 4.78 is 0. The van der Waals surface area contributed by atoms with Crippen molar-refractivity contribution in [3.05, 3.63) is 11.6 Å². The summed E-state index contributed by atoms with van der Waals surface area (Å²) in [4.78, 5) is 36.9. The first kappa shape index (κ1) is 16.2. The first-order valence-corrected chi connectivity index (χ1v) is 9.56. The van der Waals surface area contributed by atoms with Crippen LogP contribution in [0.15, 0.2) is 11.6 Å². The van der Waals surface area contributed by atoms with E-state index in [-0.39, 0.29) is 28.3 Å². The van der Waals surface area contributed by atoms with Crippen molar-refractivity contribution < 1.29 is 14.4 Å². The predicted octanol–water partition coefficient (Wildman–Crippen LogP) is 3.90. The largest absolute Gasteiger partial charge is 0.300 e. The molecule has 0 spiro atoms. The summed E-state index contributed by atoms with van der Waals surface area (Å²) in [6, 6.07) is 0. The fourth-order valence-electron chi connectivity index (χ4n) is 7.05. The molecule has 0 bridgehead atoms. The summed E-state index contributed by atoms with van der Waals surface area (Å²) in [6.07, 6.45) is 7.91. The Hall–Kier alpha value is -1.25. The molecule has 0 aromatic carbocycles. The molecule has 0 amide bonds. The summed E-state index contributed by atoms with van der Waals surface area (Å²) in [5.74, 6) is 2.21. The van der Waals surface area contributed by atoms with Crippen LogP contribution in [-0.4, -0.2) is 17.3 Å². The quantitative estimate of drug-likeness (QED) is 0.733. The van der Waals surface area contributed by atoms with E-state index >= 15 is 0 Å². The molecule has 4 rings (SSSR count). The van der Waals surface area contributed by atoms with Gasteiger partial charge in [-0.3, -0.25) is 14.4 Å². The Labute approximate surface area is 144 Å². The average Bonchev–Trinajstić information content (AvgIpc) is 2.87. The molecule has 6 atom stereocenters. The van der Waals surface area contributed by atoms with Crippen LogP contribution in [0.4, 0.5) is 0 Å². The molecular weight excluding hydrogens is 300 g/mol. The molecule has 0 aromatic rings. The Balaban J connectivity index is 1.72. The zero-order chi connectivity index (χ0) is 17.3. The minimum absolute atomic E-state index is 0.0787. The SMILES string of the molecule is CC(=O)[C@@H]1CC[C@H]2[C@@H]3CC(=O)C4=CC(=O)CC[C@@]4(C)[C@@H]3CC[C@]12C. The molecule has 4 aliphatic carbocycles. The van der Waals surface area contributed by atoms with Crippen molar-refractivity contribution in [3.63, 3.8) is 0 Å². The Morgan fingerprint density at radius 1 is 1.08 bits per heavy atom. The Morgan fingerprint density at radius 3 is 2.54 bits per heavy atom. The van der Waals surface area contributed by atoms with Gasteiger partial charge in [0.15, 0.2) is 11.6 Å².